The fourth-order valence-electron chi connectivity index (χ4n) is 4.40. The minimum atomic E-state index is -0.454. The third-order valence-electron chi connectivity index (χ3n) is 6.37. The zero-order valence-corrected chi connectivity index (χ0v) is 20.3. The molecule has 3 aromatic rings. The van der Waals surface area contributed by atoms with E-state index < -0.39 is 12.1 Å². The van der Waals surface area contributed by atoms with E-state index in [0.29, 0.717) is 17.1 Å². The molecule has 0 unspecified atom stereocenters. The number of carbonyl (C=O) groups excluding carboxylic acids is 2. The summed E-state index contributed by atoms with van der Waals surface area (Å²) in [6, 6.07) is 12.5. The molecule has 0 saturated carbocycles. The van der Waals surface area contributed by atoms with Gasteiger partial charge in [-0.25, -0.2) is 4.79 Å². The van der Waals surface area contributed by atoms with E-state index in [9.17, 15) is 9.59 Å². The number of thiophene rings is 1. The van der Waals surface area contributed by atoms with E-state index in [1.807, 2.05) is 25.1 Å². The molecule has 1 aromatic heterocycles. The number of esters is 1. The summed E-state index contributed by atoms with van der Waals surface area (Å²) in [6.45, 7) is 6.99. The molecule has 2 aromatic carbocycles. The summed E-state index contributed by atoms with van der Waals surface area (Å²) in [7, 11) is 1.53. The number of benzene rings is 2. The summed E-state index contributed by atoms with van der Waals surface area (Å²) in [5, 5.41) is 7.46. The average molecular weight is 478 g/mol. The molecule has 2 aliphatic heterocycles. The first-order valence-corrected chi connectivity index (χ1v) is 12.2. The van der Waals surface area contributed by atoms with Gasteiger partial charge in [-0.15, -0.1) is 11.3 Å². The third-order valence-corrected chi connectivity index (χ3v) is 7.52. The molecule has 1 amide bonds. The fourth-order valence-corrected chi connectivity index (χ4v) is 5.72. The van der Waals surface area contributed by atoms with Gasteiger partial charge in [0.2, 0.25) is 0 Å². The van der Waals surface area contributed by atoms with Crippen LogP contribution in [0.25, 0.3) is 0 Å². The van der Waals surface area contributed by atoms with Crippen LogP contribution in [0, 0.1) is 6.92 Å². The van der Waals surface area contributed by atoms with Crippen LogP contribution in [0.15, 0.2) is 42.5 Å². The highest BCUT2D eigenvalue weighted by atomic mass is 32.1. The van der Waals surface area contributed by atoms with Crippen molar-refractivity contribution in [3.63, 3.8) is 0 Å². The Bertz CT molecular complexity index is 1250. The SMILES string of the molecule is CCN1CCc2c(sc3c2C(=O)N[C@@H](c2ccc(OC(=O)c4ccc(C)cc4)c(OC)c2)N3)C1. The number of anilines is 1. The number of nitrogens with zero attached hydrogens (tertiary/aromatic N) is 1. The van der Waals surface area contributed by atoms with Crippen LogP contribution < -0.4 is 20.1 Å². The number of nitrogens with one attached hydrogen (secondary N) is 2. The van der Waals surface area contributed by atoms with Gasteiger partial charge >= 0.3 is 5.97 Å². The van der Waals surface area contributed by atoms with Crippen LogP contribution in [-0.2, 0) is 13.0 Å². The maximum atomic E-state index is 13.0. The van der Waals surface area contributed by atoms with E-state index in [-0.39, 0.29) is 5.91 Å². The number of rotatable bonds is 5. The van der Waals surface area contributed by atoms with Crippen molar-refractivity contribution in [2.75, 3.05) is 25.5 Å². The van der Waals surface area contributed by atoms with E-state index >= 15 is 0 Å². The van der Waals surface area contributed by atoms with Gasteiger partial charge in [-0.3, -0.25) is 9.69 Å². The first kappa shape index (κ1) is 22.4. The number of aryl methyl sites for hydroxylation is 1. The smallest absolute Gasteiger partial charge is 0.343 e. The van der Waals surface area contributed by atoms with Crippen molar-refractivity contribution >= 4 is 28.2 Å². The van der Waals surface area contributed by atoms with E-state index in [1.54, 1.807) is 35.6 Å². The molecule has 8 heteroatoms. The van der Waals surface area contributed by atoms with E-state index in [2.05, 4.69) is 22.5 Å². The largest absolute Gasteiger partial charge is 0.493 e. The van der Waals surface area contributed by atoms with Crippen LogP contribution in [0.5, 0.6) is 11.5 Å². The quantitative estimate of drug-likeness (QED) is 0.416. The van der Waals surface area contributed by atoms with Crippen LogP contribution in [0.4, 0.5) is 5.00 Å². The molecule has 0 radical (unpaired) electrons. The monoisotopic (exact) mass is 477 g/mol. The molecule has 2 N–H and O–H groups in total. The normalized spacial score (nSPS) is 17.3. The topological polar surface area (TPSA) is 79.9 Å². The molecule has 0 bridgehead atoms. The summed E-state index contributed by atoms with van der Waals surface area (Å²) < 4.78 is 11.1. The van der Waals surface area contributed by atoms with Gasteiger partial charge in [-0.05, 0) is 55.3 Å². The van der Waals surface area contributed by atoms with Crippen molar-refractivity contribution < 1.29 is 19.1 Å². The lowest BCUT2D eigenvalue weighted by Crippen LogP contribution is -2.38. The van der Waals surface area contributed by atoms with Crippen molar-refractivity contribution in [1.82, 2.24) is 10.2 Å². The zero-order valence-electron chi connectivity index (χ0n) is 19.4. The summed E-state index contributed by atoms with van der Waals surface area (Å²) in [4.78, 5) is 29.2. The first-order chi connectivity index (χ1) is 16.5. The Morgan fingerprint density at radius 1 is 1.15 bits per heavy atom. The molecule has 5 rings (SSSR count). The lowest BCUT2D eigenvalue weighted by atomic mass is 10.0. The van der Waals surface area contributed by atoms with E-state index in [4.69, 9.17) is 9.47 Å². The molecule has 0 aliphatic carbocycles. The predicted octanol–water partition coefficient (Wildman–Crippen LogP) is 4.52. The lowest BCUT2D eigenvalue weighted by Gasteiger charge is -2.28. The van der Waals surface area contributed by atoms with Crippen LogP contribution in [0.2, 0.25) is 0 Å². The minimum Gasteiger partial charge on any atom is -0.493 e. The second-order valence-electron chi connectivity index (χ2n) is 8.54. The molecule has 7 nitrogen and oxygen atoms in total. The number of amides is 1. The van der Waals surface area contributed by atoms with Crippen LogP contribution >= 0.6 is 11.3 Å². The summed E-state index contributed by atoms with van der Waals surface area (Å²) in [5.41, 5.74) is 4.30. The standard InChI is InChI=1S/C26H27N3O4S/c1-4-29-12-11-18-21(14-29)34-25-22(18)24(30)27-23(28-25)17-9-10-19(20(13-17)32-3)33-26(31)16-7-5-15(2)6-8-16/h5-10,13,23,28H,4,11-12,14H2,1-3H3,(H,27,30)/t23-/m1/s1. The number of hydrogen-bond donors (Lipinski definition) is 2. The third kappa shape index (κ3) is 4.15. The van der Waals surface area contributed by atoms with Crippen molar-refractivity contribution in [1.29, 1.82) is 0 Å². The Hall–Kier alpha value is -3.36. The minimum absolute atomic E-state index is 0.0601. The Labute approximate surface area is 202 Å². The Balaban J connectivity index is 1.37. The molecule has 2 aliphatic rings. The highest BCUT2D eigenvalue weighted by Crippen LogP contribution is 2.41. The van der Waals surface area contributed by atoms with Gasteiger partial charge < -0.3 is 20.1 Å². The number of ether oxygens (including phenoxy) is 2. The van der Waals surface area contributed by atoms with Gasteiger partial charge in [-0.1, -0.05) is 30.7 Å². The van der Waals surface area contributed by atoms with Crippen molar-refractivity contribution in [2.45, 2.75) is 33.0 Å². The zero-order chi connectivity index (χ0) is 23.8. The summed E-state index contributed by atoms with van der Waals surface area (Å²) >= 11 is 1.66. The highest BCUT2D eigenvalue weighted by molar-refractivity contribution is 7.16. The van der Waals surface area contributed by atoms with Gasteiger partial charge in [0.25, 0.3) is 5.91 Å². The van der Waals surface area contributed by atoms with E-state index in [1.165, 1.54) is 17.6 Å². The summed E-state index contributed by atoms with van der Waals surface area (Å²) in [5.74, 6) is 0.231. The molecule has 1 atom stereocenters. The van der Waals surface area contributed by atoms with Gasteiger partial charge in [-0.2, -0.15) is 0 Å². The van der Waals surface area contributed by atoms with Gasteiger partial charge in [0.05, 0.1) is 18.2 Å². The maximum absolute atomic E-state index is 13.0. The molecule has 0 fully saturated rings. The molecular formula is C26H27N3O4S. The van der Waals surface area contributed by atoms with Crippen molar-refractivity contribution in [2.24, 2.45) is 0 Å². The number of fused-ring (bicyclic) bond motifs is 3. The van der Waals surface area contributed by atoms with E-state index in [0.717, 1.165) is 47.7 Å². The fraction of sp³-hybridized carbons (Fsp3) is 0.308. The molecule has 0 saturated heterocycles. The highest BCUT2D eigenvalue weighted by Gasteiger charge is 2.33. The second-order valence-corrected chi connectivity index (χ2v) is 9.65. The van der Waals surface area contributed by atoms with Crippen LogP contribution in [0.3, 0.4) is 0 Å². The average Bonchev–Trinajstić information content (AvgIpc) is 3.22. The van der Waals surface area contributed by atoms with Crippen molar-refractivity contribution in [3.8, 4) is 11.5 Å². The lowest BCUT2D eigenvalue weighted by molar-refractivity contribution is 0.0729. The molecule has 176 valence electrons. The molecule has 3 heterocycles. The Morgan fingerprint density at radius 3 is 2.68 bits per heavy atom. The Morgan fingerprint density at radius 2 is 1.94 bits per heavy atom. The predicted molar refractivity (Wildman–Crippen MR) is 132 cm³/mol. The number of likely N-dealkylation sites (N-methyl/N-ethyl adjacent to an activating group) is 1. The maximum Gasteiger partial charge on any atom is 0.343 e. The molecule has 0 spiro atoms. The first-order valence-electron chi connectivity index (χ1n) is 11.4. The van der Waals surface area contributed by atoms with Crippen LogP contribution in [-0.4, -0.2) is 37.0 Å². The number of methoxy groups -OCH3 is 1. The van der Waals surface area contributed by atoms with Crippen molar-refractivity contribution in [3.05, 3.63) is 75.2 Å². The van der Waals surface area contributed by atoms with Gasteiger partial charge in [0.15, 0.2) is 11.5 Å². The van der Waals surface area contributed by atoms with Gasteiger partial charge in [0, 0.05) is 18.0 Å². The Kier molecular flexibility index (Phi) is 6.02. The van der Waals surface area contributed by atoms with Crippen LogP contribution in [0.1, 0.15) is 55.4 Å². The summed E-state index contributed by atoms with van der Waals surface area (Å²) in [6.07, 6.45) is 0.488. The number of carbonyl (C=O) groups is 2. The number of hydrogen-bond acceptors (Lipinski definition) is 7. The second kappa shape index (κ2) is 9.12. The molecular weight excluding hydrogens is 450 g/mol. The van der Waals surface area contributed by atoms with Gasteiger partial charge in [0.1, 0.15) is 11.2 Å². The molecule has 34 heavy (non-hydrogen) atoms.